The second-order valence-electron chi connectivity index (χ2n) is 4.74. The summed E-state index contributed by atoms with van der Waals surface area (Å²) in [5.74, 6) is 0.0298. The molecule has 0 bridgehead atoms. The highest BCUT2D eigenvalue weighted by atomic mass is 16.4. The molecule has 0 aromatic carbocycles. The first-order chi connectivity index (χ1) is 8.08. The van der Waals surface area contributed by atoms with E-state index < -0.39 is 5.97 Å². The zero-order valence-electron chi connectivity index (χ0n) is 10.1. The van der Waals surface area contributed by atoms with Gasteiger partial charge in [0.25, 0.3) is 0 Å². The van der Waals surface area contributed by atoms with Crippen molar-refractivity contribution in [2.24, 2.45) is 5.92 Å². The molecule has 0 amide bonds. The number of carboxylic acids is 1. The Kier molecular flexibility index (Phi) is 3.26. The van der Waals surface area contributed by atoms with Crippen LogP contribution in [0.5, 0.6) is 0 Å². The van der Waals surface area contributed by atoms with Crippen LogP contribution in [0.1, 0.15) is 31.7 Å². The van der Waals surface area contributed by atoms with Gasteiger partial charge in [0.15, 0.2) is 0 Å². The van der Waals surface area contributed by atoms with Gasteiger partial charge >= 0.3 is 5.97 Å². The van der Waals surface area contributed by atoms with Crippen LogP contribution >= 0.6 is 0 Å². The molecule has 1 aromatic rings. The van der Waals surface area contributed by atoms with Gasteiger partial charge in [0.2, 0.25) is 5.95 Å². The summed E-state index contributed by atoms with van der Waals surface area (Å²) in [6.07, 6.45) is 4.31. The Hall–Kier alpha value is -1.65. The van der Waals surface area contributed by atoms with Crippen LogP contribution in [-0.2, 0) is 4.79 Å². The lowest BCUT2D eigenvalue weighted by molar-refractivity contribution is -0.140. The van der Waals surface area contributed by atoms with E-state index in [0.29, 0.717) is 24.8 Å². The average molecular weight is 235 g/mol. The van der Waals surface area contributed by atoms with Crippen LogP contribution in [0.25, 0.3) is 0 Å². The van der Waals surface area contributed by atoms with Gasteiger partial charge in [-0.05, 0) is 17.9 Å². The van der Waals surface area contributed by atoms with E-state index in [1.54, 1.807) is 0 Å². The molecule has 1 fully saturated rings. The van der Waals surface area contributed by atoms with Crippen LogP contribution in [0, 0.1) is 5.92 Å². The van der Waals surface area contributed by atoms with Gasteiger partial charge in [-0.2, -0.15) is 0 Å². The largest absolute Gasteiger partial charge is 0.481 e. The standard InChI is InChI=1S/C12H17N3O2/c1-8(2)10-5-13-12(14-6-10)15-4-3-9(7-15)11(16)17/h5-6,8-9H,3-4,7H2,1-2H3,(H,16,17). The van der Waals surface area contributed by atoms with Gasteiger partial charge in [-0.1, -0.05) is 13.8 Å². The molecule has 1 aliphatic heterocycles. The van der Waals surface area contributed by atoms with Crippen molar-refractivity contribution in [1.82, 2.24) is 9.97 Å². The Morgan fingerprint density at radius 1 is 1.47 bits per heavy atom. The van der Waals surface area contributed by atoms with E-state index in [4.69, 9.17) is 5.11 Å². The molecular weight excluding hydrogens is 218 g/mol. The van der Waals surface area contributed by atoms with Crippen molar-refractivity contribution in [3.63, 3.8) is 0 Å². The quantitative estimate of drug-likeness (QED) is 0.860. The van der Waals surface area contributed by atoms with Crippen molar-refractivity contribution in [3.8, 4) is 0 Å². The van der Waals surface area contributed by atoms with Crippen molar-refractivity contribution in [2.75, 3.05) is 18.0 Å². The first-order valence-corrected chi connectivity index (χ1v) is 5.87. The Morgan fingerprint density at radius 3 is 2.59 bits per heavy atom. The summed E-state index contributed by atoms with van der Waals surface area (Å²) in [5.41, 5.74) is 1.10. The van der Waals surface area contributed by atoms with E-state index in [-0.39, 0.29) is 5.92 Å². The van der Waals surface area contributed by atoms with Crippen LogP contribution in [0.4, 0.5) is 5.95 Å². The lowest BCUT2D eigenvalue weighted by atomic mass is 10.1. The first-order valence-electron chi connectivity index (χ1n) is 5.87. The van der Waals surface area contributed by atoms with Crippen LogP contribution in [0.2, 0.25) is 0 Å². The molecule has 0 spiro atoms. The fourth-order valence-corrected chi connectivity index (χ4v) is 1.94. The minimum absolute atomic E-state index is 0.289. The van der Waals surface area contributed by atoms with E-state index in [0.717, 1.165) is 12.1 Å². The molecule has 92 valence electrons. The van der Waals surface area contributed by atoms with Gasteiger partial charge < -0.3 is 10.0 Å². The van der Waals surface area contributed by atoms with Crippen molar-refractivity contribution >= 4 is 11.9 Å². The molecular formula is C12H17N3O2. The van der Waals surface area contributed by atoms with Crippen molar-refractivity contribution in [1.29, 1.82) is 0 Å². The van der Waals surface area contributed by atoms with E-state index in [9.17, 15) is 4.79 Å². The smallest absolute Gasteiger partial charge is 0.308 e. The fraction of sp³-hybridized carbons (Fsp3) is 0.583. The number of aliphatic carboxylic acids is 1. The number of anilines is 1. The van der Waals surface area contributed by atoms with Crippen LogP contribution in [0.3, 0.4) is 0 Å². The van der Waals surface area contributed by atoms with Crippen molar-refractivity contribution in [2.45, 2.75) is 26.2 Å². The zero-order valence-corrected chi connectivity index (χ0v) is 10.1. The van der Waals surface area contributed by atoms with Gasteiger partial charge in [0.1, 0.15) is 0 Å². The van der Waals surface area contributed by atoms with Crippen LogP contribution in [0.15, 0.2) is 12.4 Å². The Labute approximate surface area is 100 Å². The summed E-state index contributed by atoms with van der Waals surface area (Å²) in [5, 5.41) is 8.93. The molecule has 5 heteroatoms. The molecule has 0 saturated carbocycles. The predicted octanol–water partition coefficient (Wildman–Crippen LogP) is 1.51. The Balaban J connectivity index is 2.06. The van der Waals surface area contributed by atoms with E-state index in [1.807, 2.05) is 17.3 Å². The molecule has 1 atom stereocenters. The zero-order chi connectivity index (χ0) is 12.4. The molecule has 2 rings (SSSR count). The van der Waals surface area contributed by atoms with Gasteiger partial charge in [-0.25, -0.2) is 9.97 Å². The third-order valence-electron chi connectivity index (χ3n) is 3.15. The summed E-state index contributed by atoms with van der Waals surface area (Å²) >= 11 is 0. The van der Waals surface area contributed by atoms with E-state index in [1.165, 1.54) is 0 Å². The van der Waals surface area contributed by atoms with Crippen LogP contribution in [-0.4, -0.2) is 34.1 Å². The highest BCUT2D eigenvalue weighted by molar-refractivity contribution is 5.71. The maximum Gasteiger partial charge on any atom is 0.308 e. The third kappa shape index (κ3) is 2.54. The highest BCUT2D eigenvalue weighted by Gasteiger charge is 2.29. The summed E-state index contributed by atoms with van der Waals surface area (Å²) in [7, 11) is 0. The maximum atomic E-state index is 10.9. The third-order valence-corrected chi connectivity index (χ3v) is 3.15. The summed E-state index contributed by atoms with van der Waals surface area (Å²) in [4.78, 5) is 21.4. The normalized spacial score (nSPS) is 19.9. The molecule has 1 aromatic heterocycles. The topological polar surface area (TPSA) is 66.3 Å². The van der Waals surface area contributed by atoms with E-state index in [2.05, 4.69) is 23.8 Å². The number of hydrogen-bond acceptors (Lipinski definition) is 4. The second-order valence-corrected chi connectivity index (χ2v) is 4.74. The molecule has 1 N–H and O–H groups in total. The average Bonchev–Trinajstić information content (AvgIpc) is 2.78. The molecule has 0 radical (unpaired) electrons. The number of nitrogens with zero attached hydrogens (tertiary/aromatic N) is 3. The summed E-state index contributed by atoms with van der Waals surface area (Å²) in [6, 6.07) is 0. The molecule has 0 aliphatic carbocycles. The predicted molar refractivity (Wildman–Crippen MR) is 64.1 cm³/mol. The summed E-state index contributed by atoms with van der Waals surface area (Å²) < 4.78 is 0. The van der Waals surface area contributed by atoms with Crippen LogP contribution < -0.4 is 4.90 Å². The summed E-state index contributed by atoms with van der Waals surface area (Å²) in [6.45, 7) is 5.41. The minimum Gasteiger partial charge on any atom is -0.481 e. The Bertz CT molecular complexity index is 403. The van der Waals surface area contributed by atoms with Gasteiger partial charge in [0, 0.05) is 25.5 Å². The number of aromatic nitrogens is 2. The molecule has 5 nitrogen and oxygen atoms in total. The minimum atomic E-state index is -0.730. The highest BCUT2D eigenvalue weighted by Crippen LogP contribution is 2.21. The van der Waals surface area contributed by atoms with Gasteiger partial charge in [-0.15, -0.1) is 0 Å². The fourth-order valence-electron chi connectivity index (χ4n) is 1.94. The second kappa shape index (κ2) is 4.69. The first kappa shape index (κ1) is 11.8. The monoisotopic (exact) mass is 235 g/mol. The van der Waals surface area contributed by atoms with Crippen molar-refractivity contribution in [3.05, 3.63) is 18.0 Å². The maximum absolute atomic E-state index is 10.9. The number of carboxylic acid groups (broad SMARTS) is 1. The van der Waals surface area contributed by atoms with Crippen molar-refractivity contribution < 1.29 is 9.90 Å². The molecule has 1 unspecified atom stereocenters. The number of carbonyl (C=O) groups is 1. The lowest BCUT2D eigenvalue weighted by Crippen LogP contribution is -2.24. The lowest BCUT2D eigenvalue weighted by Gasteiger charge is -2.15. The number of rotatable bonds is 3. The molecule has 2 heterocycles. The molecule has 17 heavy (non-hydrogen) atoms. The van der Waals surface area contributed by atoms with Gasteiger partial charge in [-0.3, -0.25) is 4.79 Å². The van der Waals surface area contributed by atoms with Gasteiger partial charge in [0.05, 0.1) is 5.92 Å². The number of hydrogen-bond donors (Lipinski definition) is 1. The van der Waals surface area contributed by atoms with E-state index >= 15 is 0 Å². The Morgan fingerprint density at radius 2 is 2.12 bits per heavy atom. The SMILES string of the molecule is CC(C)c1cnc(N2CCC(C(=O)O)C2)nc1. The molecule has 1 aliphatic rings. The molecule has 1 saturated heterocycles.